The van der Waals surface area contributed by atoms with Gasteiger partial charge in [-0.1, -0.05) is 37.3 Å². The molecule has 2 rings (SSSR count). The van der Waals surface area contributed by atoms with Crippen molar-refractivity contribution in [3.63, 3.8) is 0 Å². The van der Waals surface area contributed by atoms with Gasteiger partial charge in [-0.2, -0.15) is 0 Å². The maximum atomic E-state index is 14.2. The minimum Gasteiger partial charge on any atom is -0.318 e. The molecule has 0 aliphatic heterocycles. The number of rotatable bonds is 3. The highest BCUT2D eigenvalue weighted by atomic mass is 19.2. The SMILES string of the molecule is CCC(N)(c1ccccc1F)c1ccc(C)c(F)c1F. The largest absolute Gasteiger partial charge is 0.318 e. The maximum absolute atomic E-state index is 14.2. The predicted octanol–water partition coefficient (Wildman–Crippen LogP) is 4.02. The number of benzene rings is 2. The smallest absolute Gasteiger partial charge is 0.164 e. The predicted molar refractivity (Wildman–Crippen MR) is 72.8 cm³/mol. The van der Waals surface area contributed by atoms with Crippen LogP contribution in [0.5, 0.6) is 0 Å². The first-order chi connectivity index (χ1) is 9.41. The third-order valence-corrected chi connectivity index (χ3v) is 3.67. The van der Waals surface area contributed by atoms with Crippen molar-refractivity contribution in [2.45, 2.75) is 25.8 Å². The Hall–Kier alpha value is -1.81. The highest BCUT2D eigenvalue weighted by Gasteiger charge is 2.34. The molecule has 20 heavy (non-hydrogen) atoms. The molecule has 2 N–H and O–H groups in total. The molecule has 0 fully saturated rings. The van der Waals surface area contributed by atoms with E-state index in [-0.39, 0.29) is 23.1 Å². The zero-order chi connectivity index (χ0) is 14.9. The first-order valence-electron chi connectivity index (χ1n) is 6.40. The van der Waals surface area contributed by atoms with Crippen molar-refractivity contribution >= 4 is 0 Å². The Morgan fingerprint density at radius 2 is 1.60 bits per heavy atom. The molecular weight excluding hydrogens is 263 g/mol. The molecule has 2 aromatic rings. The maximum Gasteiger partial charge on any atom is 0.164 e. The van der Waals surface area contributed by atoms with Crippen LogP contribution in [0.25, 0.3) is 0 Å². The second-order valence-corrected chi connectivity index (χ2v) is 4.86. The summed E-state index contributed by atoms with van der Waals surface area (Å²) < 4.78 is 41.9. The van der Waals surface area contributed by atoms with Crippen LogP contribution in [0.1, 0.15) is 30.0 Å². The van der Waals surface area contributed by atoms with Crippen LogP contribution < -0.4 is 5.73 Å². The Morgan fingerprint density at radius 1 is 0.950 bits per heavy atom. The Labute approximate surface area is 116 Å². The van der Waals surface area contributed by atoms with Crippen molar-refractivity contribution in [3.8, 4) is 0 Å². The number of aryl methyl sites for hydroxylation is 1. The van der Waals surface area contributed by atoms with Crippen LogP contribution in [0.3, 0.4) is 0 Å². The van der Waals surface area contributed by atoms with Crippen molar-refractivity contribution < 1.29 is 13.2 Å². The Balaban J connectivity index is 2.69. The van der Waals surface area contributed by atoms with Gasteiger partial charge in [0.15, 0.2) is 11.6 Å². The molecule has 0 amide bonds. The van der Waals surface area contributed by atoms with Crippen LogP contribution in [0.2, 0.25) is 0 Å². The van der Waals surface area contributed by atoms with Gasteiger partial charge in [0.1, 0.15) is 5.82 Å². The summed E-state index contributed by atoms with van der Waals surface area (Å²) in [5, 5.41) is 0. The van der Waals surface area contributed by atoms with E-state index >= 15 is 0 Å². The lowest BCUT2D eigenvalue weighted by atomic mass is 9.80. The summed E-state index contributed by atoms with van der Waals surface area (Å²) in [4.78, 5) is 0. The van der Waals surface area contributed by atoms with Crippen LogP contribution in [0.4, 0.5) is 13.2 Å². The number of nitrogens with two attached hydrogens (primary N) is 1. The van der Waals surface area contributed by atoms with Crippen LogP contribution in [0.15, 0.2) is 36.4 Å². The number of hydrogen-bond acceptors (Lipinski definition) is 1. The molecule has 0 aliphatic rings. The molecule has 0 aromatic heterocycles. The van der Waals surface area contributed by atoms with Gasteiger partial charge in [-0.3, -0.25) is 0 Å². The zero-order valence-corrected chi connectivity index (χ0v) is 11.4. The normalized spacial score (nSPS) is 14.1. The van der Waals surface area contributed by atoms with Crippen molar-refractivity contribution in [2.24, 2.45) is 5.73 Å². The average Bonchev–Trinajstić information content (AvgIpc) is 2.44. The van der Waals surface area contributed by atoms with Gasteiger partial charge in [-0.05, 0) is 25.0 Å². The Bertz CT molecular complexity index is 640. The Kier molecular flexibility index (Phi) is 3.86. The molecule has 1 unspecified atom stereocenters. The quantitative estimate of drug-likeness (QED) is 0.902. The summed E-state index contributed by atoms with van der Waals surface area (Å²) in [5.74, 6) is -2.49. The molecule has 0 bridgehead atoms. The lowest BCUT2D eigenvalue weighted by Gasteiger charge is -2.30. The van der Waals surface area contributed by atoms with Gasteiger partial charge in [0.05, 0.1) is 5.54 Å². The summed E-state index contributed by atoms with van der Waals surface area (Å²) in [7, 11) is 0. The molecule has 0 heterocycles. The van der Waals surface area contributed by atoms with E-state index < -0.39 is 23.0 Å². The van der Waals surface area contributed by atoms with Gasteiger partial charge >= 0.3 is 0 Å². The molecule has 0 aliphatic carbocycles. The second kappa shape index (κ2) is 5.29. The highest BCUT2D eigenvalue weighted by molar-refractivity contribution is 5.41. The van der Waals surface area contributed by atoms with E-state index in [1.807, 2.05) is 0 Å². The second-order valence-electron chi connectivity index (χ2n) is 4.86. The van der Waals surface area contributed by atoms with E-state index in [1.165, 1.54) is 37.3 Å². The average molecular weight is 279 g/mol. The van der Waals surface area contributed by atoms with E-state index in [4.69, 9.17) is 5.73 Å². The van der Waals surface area contributed by atoms with E-state index in [0.717, 1.165) is 0 Å². The molecule has 0 saturated carbocycles. The zero-order valence-electron chi connectivity index (χ0n) is 11.4. The van der Waals surface area contributed by atoms with Crippen LogP contribution >= 0.6 is 0 Å². The van der Waals surface area contributed by atoms with Gasteiger partial charge in [0.25, 0.3) is 0 Å². The molecule has 1 nitrogen and oxygen atoms in total. The summed E-state index contributed by atoms with van der Waals surface area (Å²) in [6.07, 6.45) is 0.243. The van der Waals surface area contributed by atoms with Crippen molar-refractivity contribution in [1.82, 2.24) is 0 Å². The first-order valence-corrected chi connectivity index (χ1v) is 6.40. The van der Waals surface area contributed by atoms with Crippen LogP contribution in [-0.4, -0.2) is 0 Å². The fourth-order valence-corrected chi connectivity index (χ4v) is 2.34. The summed E-state index contributed by atoms with van der Waals surface area (Å²) >= 11 is 0. The van der Waals surface area contributed by atoms with E-state index in [9.17, 15) is 13.2 Å². The first kappa shape index (κ1) is 14.6. The van der Waals surface area contributed by atoms with Crippen molar-refractivity contribution in [1.29, 1.82) is 0 Å². The molecule has 106 valence electrons. The van der Waals surface area contributed by atoms with Gasteiger partial charge in [0.2, 0.25) is 0 Å². The topological polar surface area (TPSA) is 26.0 Å². The molecule has 0 spiro atoms. The molecule has 4 heteroatoms. The van der Waals surface area contributed by atoms with Gasteiger partial charge in [0, 0.05) is 11.1 Å². The summed E-state index contributed by atoms with van der Waals surface area (Å²) in [6, 6.07) is 8.78. The Morgan fingerprint density at radius 3 is 2.20 bits per heavy atom. The molecule has 1 atom stereocenters. The standard InChI is InChI=1S/C16H16F3N/c1-3-16(20,11-6-4-5-7-13(11)17)12-9-8-10(2)14(18)15(12)19/h4-9H,3,20H2,1-2H3. The summed E-state index contributed by atoms with van der Waals surface area (Å²) in [6.45, 7) is 3.18. The van der Waals surface area contributed by atoms with E-state index in [0.29, 0.717) is 0 Å². The third-order valence-electron chi connectivity index (χ3n) is 3.67. The van der Waals surface area contributed by atoms with Gasteiger partial charge < -0.3 is 5.73 Å². The van der Waals surface area contributed by atoms with Gasteiger partial charge in [-0.15, -0.1) is 0 Å². The fraction of sp³-hybridized carbons (Fsp3) is 0.250. The lowest BCUT2D eigenvalue weighted by Crippen LogP contribution is -2.39. The van der Waals surface area contributed by atoms with Gasteiger partial charge in [-0.25, -0.2) is 13.2 Å². The van der Waals surface area contributed by atoms with E-state index in [2.05, 4.69) is 0 Å². The third kappa shape index (κ3) is 2.20. The molecule has 0 saturated heterocycles. The number of halogens is 3. The molecular formula is C16H16F3N. The van der Waals surface area contributed by atoms with Crippen molar-refractivity contribution in [2.75, 3.05) is 0 Å². The number of hydrogen-bond donors (Lipinski definition) is 1. The van der Waals surface area contributed by atoms with Crippen molar-refractivity contribution in [3.05, 3.63) is 70.5 Å². The van der Waals surface area contributed by atoms with Crippen LogP contribution in [0, 0.1) is 24.4 Å². The van der Waals surface area contributed by atoms with Crippen LogP contribution in [-0.2, 0) is 5.54 Å². The highest BCUT2D eigenvalue weighted by Crippen LogP contribution is 2.34. The summed E-state index contributed by atoms with van der Waals surface area (Å²) in [5.41, 5.74) is 5.13. The minimum atomic E-state index is -1.40. The molecule has 2 aromatic carbocycles. The molecule has 0 radical (unpaired) electrons. The fourth-order valence-electron chi connectivity index (χ4n) is 2.34. The minimum absolute atomic E-state index is 0.0341. The van der Waals surface area contributed by atoms with E-state index in [1.54, 1.807) is 13.0 Å². The monoisotopic (exact) mass is 279 g/mol. The lowest BCUT2D eigenvalue weighted by molar-refractivity contribution is 0.428.